The molecule has 0 N–H and O–H groups in total. The van der Waals surface area contributed by atoms with E-state index in [2.05, 4.69) is 25.0 Å². The van der Waals surface area contributed by atoms with Gasteiger partial charge in [-0.25, -0.2) is 4.79 Å². The number of urea groups is 1. The van der Waals surface area contributed by atoms with E-state index in [0.29, 0.717) is 6.54 Å². The molecule has 5 heteroatoms. The third-order valence-corrected chi connectivity index (χ3v) is 4.77. The number of carbonyl (C=O) groups is 1. The summed E-state index contributed by atoms with van der Waals surface area (Å²) in [5, 5.41) is 4.46. The van der Waals surface area contributed by atoms with Crippen LogP contribution in [-0.4, -0.2) is 27.8 Å². The van der Waals surface area contributed by atoms with Gasteiger partial charge in [0.1, 0.15) is 0 Å². The average molecular weight is 298 g/mol. The van der Waals surface area contributed by atoms with Gasteiger partial charge in [0.2, 0.25) is 0 Å². The van der Waals surface area contributed by atoms with Crippen LogP contribution in [0, 0.1) is 13.8 Å². The van der Waals surface area contributed by atoms with Crippen molar-refractivity contribution in [2.24, 2.45) is 7.05 Å². The van der Waals surface area contributed by atoms with E-state index in [9.17, 15) is 4.79 Å². The zero-order chi connectivity index (χ0) is 16.0. The van der Waals surface area contributed by atoms with Crippen molar-refractivity contribution in [2.45, 2.75) is 33.4 Å². The molecule has 0 radical (unpaired) electrons. The highest BCUT2D eigenvalue weighted by Gasteiger charge is 2.33. The van der Waals surface area contributed by atoms with Gasteiger partial charge in [-0.1, -0.05) is 18.2 Å². The Balaban J connectivity index is 2.06. The molecule has 1 aromatic heterocycles. The Morgan fingerprint density at radius 1 is 1.18 bits per heavy atom. The fraction of sp³-hybridized carbons (Fsp3) is 0.412. The van der Waals surface area contributed by atoms with Gasteiger partial charge in [-0.15, -0.1) is 0 Å². The molecule has 0 unspecified atom stereocenters. The number of hydrogen-bond acceptors (Lipinski definition) is 2. The van der Waals surface area contributed by atoms with E-state index in [4.69, 9.17) is 0 Å². The van der Waals surface area contributed by atoms with Gasteiger partial charge in [0.05, 0.1) is 29.7 Å². The number of nitrogens with zero attached hydrogens (tertiary/aromatic N) is 4. The number of anilines is 1. The van der Waals surface area contributed by atoms with Gasteiger partial charge in [0.25, 0.3) is 0 Å². The number of rotatable bonds is 2. The first-order valence-electron chi connectivity index (χ1n) is 7.54. The van der Waals surface area contributed by atoms with E-state index in [1.165, 1.54) is 5.56 Å². The molecule has 0 spiro atoms. The third kappa shape index (κ3) is 2.08. The van der Waals surface area contributed by atoms with Crippen LogP contribution in [0.5, 0.6) is 0 Å². The van der Waals surface area contributed by atoms with Gasteiger partial charge in [-0.2, -0.15) is 5.10 Å². The molecule has 1 aromatic carbocycles. The van der Waals surface area contributed by atoms with Crippen LogP contribution in [0.1, 0.15) is 35.5 Å². The maximum Gasteiger partial charge on any atom is 0.325 e. The number of amides is 2. The lowest BCUT2D eigenvalue weighted by molar-refractivity contribution is 0.196. The van der Waals surface area contributed by atoms with Crippen LogP contribution in [0.4, 0.5) is 10.5 Å². The summed E-state index contributed by atoms with van der Waals surface area (Å²) in [7, 11) is 3.79. The molecule has 0 aliphatic carbocycles. The lowest BCUT2D eigenvalue weighted by atomic mass is 10.0. The van der Waals surface area contributed by atoms with Crippen LogP contribution in [0.2, 0.25) is 0 Å². The Kier molecular flexibility index (Phi) is 3.43. The maximum absolute atomic E-state index is 12.8. The van der Waals surface area contributed by atoms with Crippen molar-refractivity contribution in [3.63, 3.8) is 0 Å². The first-order chi connectivity index (χ1) is 10.4. The first-order valence-corrected chi connectivity index (χ1v) is 7.54. The Morgan fingerprint density at radius 2 is 1.86 bits per heavy atom. The molecular formula is C17H22N4O. The van der Waals surface area contributed by atoms with Crippen molar-refractivity contribution in [1.29, 1.82) is 0 Å². The molecule has 0 bridgehead atoms. The summed E-state index contributed by atoms with van der Waals surface area (Å²) in [6.07, 6.45) is 0. The Morgan fingerprint density at radius 3 is 2.50 bits per heavy atom. The van der Waals surface area contributed by atoms with Crippen LogP contribution in [-0.2, 0) is 13.6 Å². The molecular weight excluding hydrogens is 276 g/mol. The smallest absolute Gasteiger partial charge is 0.321 e. The van der Waals surface area contributed by atoms with Crippen molar-refractivity contribution in [1.82, 2.24) is 14.7 Å². The quantitative estimate of drug-likeness (QED) is 0.854. The fourth-order valence-corrected chi connectivity index (χ4v) is 3.09. The molecule has 1 aliphatic rings. The highest BCUT2D eigenvalue weighted by atomic mass is 16.2. The van der Waals surface area contributed by atoms with Crippen molar-refractivity contribution < 1.29 is 4.79 Å². The highest BCUT2D eigenvalue weighted by molar-refractivity contribution is 5.95. The van der Waals surface area contributed by atoms with Gasteiger partial charge >= 0.3 is 6.03 Å². The fourth-order valence-electron chi connectivity index (χ4n) is 3.09. The predicted octanol–water partition coefficient (Wildman–Crippen LogP) is 3.17. The van der Waals surface area contributed by atoms with Gasteiger partial charge < -0.3 is 4.90 Å². The van der Waals surface area contributed by atoms with Gasteiger partial charge in [0.15, 0.2) is 0 Å². The summed E-state index contributed by atoms with van der Waals surface area (Å²) in [5.41, 5.74) is 5.41. The molecule has 5 nitrogen and oxygen atoms in total. The second kappa shape index (κ2) is 5.16. The summed E-state index contributed by atoms with van der Waals surface area (Å²) in [5.74, 6) is 0. The zero-order valence-corrected chi connectivity index (χ0v) is 13.8. The van der Waals surface area contributed by atoms with E-state index in [1.54, 1.807) is 4.90 Å². The molecule has 3 rings (SSSR count). The standard InChI is InChI=1S/C17H22N4O/c1-11-12(2)18-20(5)16(11)10-21-15-9-7-6-8-14(15)13(3)19(4)17(21)22/h6-9,13H,10H2,1-5H3/t13-/m0/s1. The summed E-state index contributed by atoms with van der Waals surface area (Å²) < 4.78 is 1.87. The molecule has 22 heavy (non-hydrogen) atoms. The van der Waals surface area contributed by atoms with Crippen LogP contribution in [0.3, 0.4) is 0 Å². The van der Waals surface area contributed by atoms with Crippen LogP contribution < -0.4 is 4.90 Å². The Bertz CT molecular complexity index is 734. The number of benzene rings is 1. The number of carbonyl (C=O) groups excluding carboxylic acids is 1. The van der Waals surface area contributed by atoms with Crippen molar-refractivity contribution in [3.05, 3.63) is 46.8 Å². The SMILES string of the molecule is Cc1nn(C)c(CN2C(=O)N(C)[C@@H](C)c3ccccc32)c1C. The summed E-state index contributed by atoms with van der Waals surface area (Å²) in [6.45, 7) is 6.66. The van der Waals surface area contributed by atoms with E-state index in [-0.39, 0.29) is 12.1 Å². The molecule has 1 atom stereocenters. The normalized spacial score (nSPS) is 17.9. The molecule has 2 amide bonds. The lowest BCUT2D eigenvalue weighted by Crippen LogP contribution is -2.46. The van der Waals surface area contributed by atoms with Gasteiger partial charge in [-0.05, 0) is 38.0 Å². The van der Waals surface area contributed by atoms with Gasteiger partial charge in [0, 0.05) is 14.1 Å². The minimum Gasteiger partial charge on any atom is -0.321 e. The topological polar surface area (TPSA) is 41.4 Å². The predicted molar refractivity (Wildman–Crippen MR) is 86.9 cm³/mol. The van der Waals surface area contributed by atoms with Crippen molar-refractivity contribution in [2.75, 3.05) is 11.9 Å². The minimum atomic E-state index is 0.0319. The number of fused-ring (bicyclic) bond motifs is 1. The van der Waals surface area contributed by atoms with E-state index >= 15 is 0 Å². The van der Waals surface area contributed by atoms with Gasteiger partial charge in [-0.3, -0.25) is 9.58 Å². The summed E-state index contributed by atoms with van der Waals surface area (Å²) in [4.78, 5) is 16.4. The molecule has 2 heterocycles. The maximum atomic E-state index is 12.8. The van der Waals surface area contributed by atoms with E-state index < -0.39 is 0 Å². The van der Waals surface area contributed by atoms with E-state index in [0.717, 1.165) is 22.6 Å². The van der Waals surface area contributed by atoms with Crippen molar-refractivity contribution >= 4 is 11.7 Å². The second-order valence-electron chi connectivity index (χ2n) is 6.00. The number of para-hydroxylation sites is 1. The Labute approximate surface area is 131 Å². The molecule has 0 saturated heterocycles. The van der Waals surface area contributed by atoms with Crippen LogP contribution >= 0.6 is 0 Å². The van der Waals surface area contributed by atoms with Crippen LogP contribution in [0.15, 0.2) is 24.3 Å². The monoisotopic (exact) mass is 298 g/mol. The second-order valence-corrected chi connectivity index (χ2v) is 6.00. The average Bonchev–Trinajstić information content (AvgIpc) is 2.75. The molecule has 0 saturated carbocycles. The largest absolute Gasteiger partial charge is 0.325 e. The number of aromatic nitrogens is 2. The van der Waals surface area contributed by atoms with Crippen molar-refractivity contribution in [3.8, 4) is 0 Å². The minimum absolute atomic E-state index is 0.0319. The van der Waals surface area contributed by atoms with Crippen LogP contribution in [0.25, 0.3) is 0 Å². The summed E-state index contributed by atoms with van der Waals surface area (Å²) in [6, 6.07) is 8.25. The molecule has 116 valence electrons. The first kappa shape index (κ1) is 14.6. The highest BCUT2D eigenvalue weighted by Crippen LogP contribution is 2.36. The Hall–Kier alpha value is -2.30. The summed E-state index contributed by atoms with van der Waals surface area (Å²) >= 11 is 0. The number of aryl methyl sites for hydroxylation is 2. The number of hydrogen-bond donors (Lipinski definition) is 0. The molecule has 2 aromatic rings. The lowest BCUT2D eigenvalue weighted by Gasteiger charge is -2.39. The molecule has 1 aliphatic heterocycles. The third-order valence-electron chi connectivity index (χ3n) is 4.77. The zero-order valence-electron chi connectivity index (χ0n) is 13.8. The molecule has 0 fully saturated rings. The van der Waals surface area contributed by atoms with E-state index in [1.807, 2.05) is 48.8 Å².